The van der Waals surface area contributed by atoms with Crippen LogP contribution < -0.4 is 11.2 Å². The van der Waals surface area contributed by atoms with Gasteiger partial charge in [0.2, 0.25) is 0 Å². The summed E-state index contributed by atoms with van der Waals surface area (Å²) >= 11 is 0. The largest absolute Gasteiger partial charge is 0.373 e. The second-order valence-electron chi connectivity index (χ2n) is 8.95. The fourth-order valence-corrected chi connectivity index (χ4v) is 4.97. The minimum atomic E-state index is -0.447. The molecule has 2 atom stereocenters. The Hall–Kier alpha value is -2.45. The van der Waals surface area contributed by atoms with Crippen molar-refractivity contribution < 1.29 is 9.53 Å². The van der Waals surface area contributed by atoms with Crippen LogP contribution in [0.3, 0.4) is 0 Å². The minimum absolute atomic E-state index is 0.0468. The van der Waals surface area contributed by atoms with Gasteiger partial charge < -0.3 is 14.6 Å². The molecule has 0 saturated carbocycles. The van der Waals surface area contributed by atoms with E-state index in [1.165, 1.54) is 0 Å². The lowest BCUT2D eigenvalue weighted by molar-refractivity contribution is -0.0728. The van der Waals surface area contributed by atoms with Crippen LogP contribution in [0.15, 0.2) is 27.8 Å². The Morgan fingerprint density at radius 2 is 1.81 bits per heavy atom. The Bertz CT molecular complexity index is 1060. The summed E-state index contributed by atoms with van der Waals surface area (Å²) < 4.78 is 6.98. The van der Waals surface area contributed by atoms with Gasteiger partial charge in [-0.05, 0) is 57.7 Å². The van der Waals surface area contributed by atoms with Gasteiger partial charge in [0.25, 0.3) is 11.5 Å². The van der Waals surface area contributed by atoms with Crippen molar-refractivity contribution in [2.24, 2.45) is 5.92 Å². The number of likely N-dealkylation sites (tertiary alicyclic amines) is 1. The molecule has 0 aliphatic carbocycles. The van der Waals surface area contributed by atoms with E-state index in [0.717, 1.165) is 50.1 Å². The van der Waals surface area contributed by atoms with Gasteiger partial charge in [0.1, 0.15) is 0 Å². The van der Waals surface area contributed by atoms with Crippen molar-refractivity contribution in [2.75, 3.05) is 32.7 Å². The van der Waals surface area contributed by atoms with Gasteiger partial charge in [-0.2, -0.15) is 0 Å². The molecule has 2 unspecified atom stereocenters. The average molecular weight is 429 g/mol. The minimum Gasteiger partial charge on any atom is -0.373 e. The van der Waals surface area contributed by atoms with Crippen molar-refractivity contribution in [2.45, 2.75) is 52.4 Å². The molecule has 2 fully saturated rings. The molecular weight excluding hydrogens is 396 g/mol. The normalized spacial score (nSPS) is 23.4. The SMILES string of the molecule is CCn1c(=O)[nH]c2cc(C(=O)N3CCC(CN4CC(C)OC(C)C4)CC3)ccc2c1=O. The second kappa shape index (κ2) is 8.96. The van der Waals surface area contributed by atoms with E-state index in [9.17, 15) is 14.4 Å². The third-order valence-electron chi connectivity index (χ3n) is 6.46. The third-order valence-corrected chi connectivity index (χ3v) is 6.46. The predicted molar refractivity (Wildman–Crippen MR) is 120 cm³/mol. The highest BCUT2D eigenvalue weighted by atomic mass is 16.5. The summed E-state index contributed by atoms with van der Waals surface area (Å²) in [5.74, 6) is 0.538. The number of fused-ring (bicyclic) bond motifs is 1. The molecule has 2 aliphatic rings. The summed E-state index contributed by atoms with van der Waals surface area (Å²) in [6, 6.07) is 4.95. The summed E-state index contributed by atoms with van der Waals surface area (Å²) in [5, 5.41) is 0.422. The summed E-state index contributed by atoms with van der Waals surface area (Å²) in [6.45, 7) is 10.8. The number of morpholine rings is 1. The van der Waals surface area contributed by atoms with Crippen molar-refractivity contribution in [3.05, 3.63) is 44.6 Å². The van der Waals surface area contributed by atoms with E-state index in [-0.39, 0.29) is 23.7 Å². The molecule has 1 aromatic heterocycles. The van der Waals surface area contributed by atoms with E-state index in [0.29, 0.717) is 28.9 Å². The molecule has 0 bridgehead atoms. The number of nitrogens with one attached hydrogen (secondary N) is 1. The fourth-order valence-electron chi connectivity index (χ4n) is 4.97. The van der Waals surface area contributed by atoms with E-state index in [1.54, 1.807) is 25.1 Å². The monoisotopic (exact) mass is 428 g/mol. The van der Waals surface area contributed by atoms with Crippen molar-refractivity contribution in [1.29, 1.82) is 0 Å². The van der Waals surface area contributed by atoms with E-state index in [1.807, 2.05) is 4.90 Å². The van der Waals surface area contributed by atoms with Crippen LogP contribution in [0.5, 0.6) is 0 Å². The number of carbonyl (C=O) groups excluding carboxylic acids is 1. The zero-order chi connectivity index (χ0) is 22.1. The average Bonchev–Trinajstić information content (AvgIpc) is 2.73. The number of hydrogen-bond donors (Lipinski definition) is 1. The lowest BCUT2D eigenvalue weighted by atomic mass is 9.95. The number of aromatic amines is 1. The van der Waals surface area contributed by atoms with Gasteiger partial charge in [-0.3, -0.25) is 19.1 Å². The molecule has 31 heavy (non-hydrogen) atoms. The highest BCUT2D eigenvalue weighted by Gasteiger charge is 2.28. The molecule has 168 valence electrons. The Labute approximate surface area is 181 Å². The number of rotatable bonds is 4. The van der Waals surface area contributed by atoms with Gasteiger partial charge >= 0.3 is 5.69 Å². The van der Waals surface area contributed by atoms with Crippen LogP contribution >= 0.6 is 0 Å². The molecule has 3 heterocycles. The first kappa shape index (κ1) is 21.8. The third kappa shape index (κ3) is 4.60. The van der Waals surface area contributed by atoms with E-state index >= 15 is 0 Å². The van der Waals surface area contributed by atoms with Crippen molar-refractivity contribution >= 4 is 16.8 Å². The summed E-state index contributed by atoms with van der Waals surface area (Å²) in [7, 11) is 0. The topological polar surface area (TPSA) is 87.6 Å². The Morgan fingerprint density at radius 1 is 1.13 bits per heavy atom. The number of carbonyl (C=O) groups is 1. The Kier molecular flexibility index (Phi) is 6.29. The summed E-state index contributed by atoms with van der Waals surface area (Å²) in [6.07, 6.45) is 2.51. The van der Waals surface area contributed by atoms with Crippen LogP contribution in [0.2, 0.25) is 0 Å². The zero-order valence-corrected chi connectivity index (χ0v) is 18.6. The lowest BCUT2D eigenvalue weighted by Crippen LogP contribution is -2.48. The highest BCUT2D eigenvalue weighted by Crippen LogP contribution is 2.22. The molecule has 4 rings (SSSR count). The maximum atomic E-state index is 13.0. The van der Waals surface area contributed by atoms with Gasteiger partial charge in [0.05, 0.1) is 23.1 Å². The standard InChI is InChI=1S/C23H32N4O4/c1-4-27-22(29)19-6-5-18(11-20(19)24-23(27)30)21(28)26-9-7-17(8-10-26)14-25-12-15(2)31-16(3)13-25/h5-6,11,15-17H,4,7-10,12-14H2,1-3H3,(H,24,30). The highest BCUT2D eigenvalue weighted by molar-refractivity contribution is 5.97. The van der Waals surface area contributed by atoms with E-state index in [2.05, 4.69) is 23.7 Å². The van der Waals surface area contributed by atoms with Crippen LogP contribution in [0.4, 0.5) is 0 Å². The van der Waals surface area contributed by atoms with Crippen LogP contribution in [0.1, 0.15) is 44.0 Å². The molecular formula is C23H32N4O4. The van der Waals surface area contributed by atoms with Gasteiger partial charge in [-0.25, -0.2) is 4.79 Å². The summed E-state index contributed by atoms with van der Waals surface area (Å²) in [5.41, 5.74) is 0.145. The van der Waals surface area contributed by atoms with Crippen LogP contribution in [-0.2, 0) is 11.3 Å². The van der Waals surface area contributed by atoms with Crippen LogP contribution in [0, 0.1) is 5.92 Å². The Morgan fingerprint density at radius 3 is 2.45 bits per heavy atom. The molecule has 0 radical (unpaired) electrons. The zero-order valence-electron chi connectivity index (χ0n) is 18.6. The first-order valence-electron chi connectivity index (χ1n) is 11.3. The maximum absolute atomic E-state index is 13.0. The summed E-state index contributed by atoms with van der Waals surface area (Å²) in [4.78, 5) is 44.7. The quantitative estimate of drug-likeness (QED) is 0.801. The molecule has 2 saturated heterocycles. The number of H-pyrrole nitrogens is 1. The Balaban J connectivity index is 1.41. The predicted octanol–water partition coefficient (Wildman–Crippen LogP) is 1.67. The number of aromatic nitrogens is 2. The van der Waals surface area contributed by atoms with Gasteiger partial charge in [-0.1, -0.05) is 0 Å². The van der Waals surface area contributed by atoms with Gasteiger partial charge in [0.15, 0.2) is 0 Å². The number of piperidine rings is 1. The smallest absolute Gasteiger partial charge is 0.328 e. The van der Waals surface area contributed by atoms with E-state index < -0.39 is 5.69 Å². The number of nitrogens with zero attached hydrogens (tertiary/aromatic N) is 3. The fraction of sp³-hybridized carbons (Fsp3) is 0.609. The number of ether oxygens (including phenoxy) is 1. The molecule has 1 aromatic carbocycles. The van der Waals surface area contributed by atoms with Crippen LogP contribution in [-0.4, -0.2) is 70.2 Å². The molecule has 8 nitrogen and oxygen atoms in total. The molecule has 0 spiro atoms. The number of hydrogen-bond acceptors (Lipinski definition) is 5. The molecule has 8 heteroatoms. The molecule has 2 aromatic rings. The van der Waals surface area contributed by atoms with Crippen LogP contribution in [0.25, 0.3) is 10.9 Å². The second-order valence-corrected chi connectivity index (χ2v) is 8.95. The molecule has 1 amide bonds. The first-order valence-corrected chi connectivity index (χ1v) is 11.3. The van der Waals surface area contributed by atoms with Gasteiger partial charge in [-0.15, -0.1) is 0 Å². The molecule has 2 aliphatic heterocycles. The van der Waals surface area contributed by atoms with Crippen molar-refractivity contribution in [3.8, 4) is 0 Å². The number of benzene rings is 1. The maximum Gasteiger partial charge on any atom is 0.328 e. The van der Waals surface area contributed by atoms with Crippen molar-refractivity contribution in [3.63, 3.8) is 0 Å². The number of amides is 1. The first-order chi connectivity index (χ1) is 14.9. The van der Waals surface area contributed by atoms with Crippen molar-refractivity contribution in [1.82, 2.24) is 19.4 Å². The lowest BCUT2D eigenvalue weighted by Gasteiger charge is -2.39. The van der Waals surface area contributed by atoms with E-state index in [4.69, 9.17) is 4.74 Å². The van der Waals surface area contributed by atoms with Gasteiger partial charge in [0, 0.05) is 44.8 Å². The molecule has 1 N–H and O–H groups in total.